The molecule has 2 nitrogen and oxygen atoms in total. The van der Waals surface area contributed by atoms with Crippen LogP contribution in [0.5, 0.6) is 0 Å². The zero-order valence-electron chi connectivity index (χ0n) is 28.2. The molecule has 0 saturated carbocycles. The molecule has 0 saturated heterocycles. The number of benzene rings is 3. The van der Waals surface area contributed by atoms with Gasteiger partial charge in [-0.25, -0.2) is 0 Å². The first kappa shape index (κ1) is 33.4. The molecule has 0 fully saturated rings. The van der Waals surface area contributed by atoms with Crippen molar-refractivity contribution in [1.82, 2.24) is 0 Å². The smallest absolute Gasteiger partial charge is 0.261 e. The Morgan fingerprint density at radius 2 is 1.28 bits per heavy atom. The van der Waals surface area contributed by atoms with Gasteiger partial charge in [0.15, 0.2) is 0 Å². The predicted octanol–water partition coefficient (Wildman–Crippen LogP) is 9.47. The van der Waals surface area contributed by atoms with Gasteiger partial charge < -0.3 is 9.22 Å². The highest BCUT2D eigenvalue weighted by atomic mass is 28.4. The fraction of sp³-hybridized carbons (Fsp3) is 0.462. The molecule has 0 spiro atoms. The van der Waals surface area contributed by atoms with Crippen LogP contribution in [0.4, 0.5) is 0 Å². The Hall–Kier alpha value is -2.54. The van der Waals surface area contributed by atoms with Crippen molar-refractivity contribution in [3.8, 4) is 0 Å². The van der Waals surface area contributed by atoms with Crippen LogP contribution in [0.2, 0.25) is 28.7 Å². The summed E-state index contributed by atoms with van der Waals surface area (Å²) in [7, 11) is -4.63. The van der Waals surface area contributed by atoms with Crippen LogP contribution in [0.1, 0.15) is 79.7 Å². The molecule has 230 valence electrons. The second-order valence-corrected chi connectivity index (χ2v) is 25.3. The van der Waals surface area contributed by atoms with Crippen LogP contribution < -0.4 is 10.4 Å². The van der Waals surface area contributed by atoms with Crippen LogP contribution in [-0.2, 0) is 14.6 Å². The molecule has 0 bridgehead atoms. The van der Waals surface area contributed by atoms with E-state index in [0.29, 0.717) is 18.6 Å². The highest BCUT2D eigenvalue weighted by molar-refractivity contribution is 6.99. The SMILES string of the molecule is CC1=C(CO[Si](c2ccccc2)(c2ccccc2)C(C)(C)C)C(CCC=O)(c2ccccc2)C([Si](C)(C)C(C)(C)C)CC1. The van der Waals surface area contributed by atoms with Crippen molar-refractivity contribution in [2.24, 2.45) is 0 Å². The third-order valence-electron chi connectivity index (χ3n) is 11.1. The van der Waals surface area contributed by atoms with Crippen LogP contribution in [0.25, 0.3) is 0 Å². The molecule has 3 aromatic rings. The number of carbonyl (C=O) groups is 1. The third kappa shape index (κ3) is 6.08. The Morgan fingerprint density at radius 1 is 0.791 bits per heavy atom. The number of hydrogen-bond donors (Lipinski definition) is 0. The molecule has 1 aliphatic carbocycles. The molecule has 4 rings (SSSR count). The van der Waals surface area contributed by atoms with Gasteiger partial charge in [0.25, 0.3) is 8.32 Å². The number of rotatable bonds is 10. The standard InChI is InChI=1S/C39H54O2Si2/c1-31-26-27-36(42(8,9)37(2,3)4)39(28-19-29-40,32-20-13-10-14-21-32)35(31)30-41-43(38(5,6)7,33-22-15-11-16-23-33)34-24-17-12-18-25-34/h10-18,20-25,29,36H,19,26-28,30H2,1-9H3. The first-order valence-corrected chi connectivity index (χ1v) is 21.2. The van der Waals surface area contributed by atoms with E-state index in [1.165, 1.54) is 33.5 Å². The van der Waals surface area contributed by atoms with E-state index in [9.17, 15) is 4.79 Å². The molecule has 0 N–H and O–H groups in total. The second-order valence-electron chi connectivity index (χ2n) is 15.3. The lowest BCUT2D eigenvalue weighted by atomic mass is 9.63. The van der Waals surface area contributed by atoms with Crippen molar-refractivity contribution in [2.75, 3.05) is 6.61 Å². The largest absolute Gasteiger partial charge is 0.403 e. The number of hydrogen-bond acceptors (Lipinski definition) is 2. The monoisotopic (exact) mass is 610 g/mol. The molecule has 1 aliphatic rings. The van der Waals surface area contributed by atoms with Crippen molar-refractivity contribution < 1.29 is 9.22 Å². The van der Waals surface area contributed by atoms with Gasteiger partial charge in [0.2, 0.25) is 0 Å². The zero-order valence-corrected chi connectivity index (χ0v) is 30.2. The minimum Gasteiger partial charge on any atom is -0.403 e. The molecular formula is C39H54O2Si2. The van der Waals surface area contributed by atoms with E-state index in [-0.39, 0.29) is 15.5 Å². The summed E-state index contributed by atoms with van der Waals surface area (Å²) in [5.41, 5.74) is 4.48. The van der Waals surface area contributed by atoms with Gasteiger partial charge in [-0.1, -0.05) is 151 Å². The topological polar surface area (TPSA) is 26.3 Å². The molecule has 4 heteroatoms. The fourth-order valence-corrected chi connectivity index (χ4v) is 16.1. The lowest BCUT2D eigenvalue weighted by Gasteiger charge is -2.57. The van der Waals surface area contributed by atoms with Crippen molar-refractivity contribution in [3.63, 3.8) is 0 Å². The average Bonchev–Trinajstić information content (AvgIpc) is 2.97. The average molecular weight is 611 g/mol. The molecule has 3 aromatic carbocycles. The molecule has 43 heavy (non-hydrogen) atoms. The quantitative estimate of drug-likeness (QED) is 0.130. The van der Waals surface area contributed by atoms with Crippen molar-refractivity contribution in [3.05, 3.63) is 108 Å². The number of allylic oxidation sites excluding steroid dienone is 1. The van der Waals surface area contributed by atoms with Crippen molar-refractivity contribution >= 4 is 33.1 Å². The normalized spacial score (nSPS) is 20.3. The van der Waals surface area contributed by atoms with Gasteiger partial charge in [0.1, 0.15) is 6.29 Å². The summed E-state index contributed by atoms with van der Waals surface area (Å²) in [6.45, 7) is 22.5. The van der Waals surface area contributed by atoms with E-state index in [2.05, 4.69) is 153 Å². The summed E-state index contributed by atoms with van der Waals surface area (Å²) in [6, 6.07) is 33.1. The third-order valence-corrected chi connectivity index (χ3v) is 22.4. The Kier molecular flexibility index (Phi) is 9.95. The maximum Gasteiger partial charge on any atom is 0.261 e. The van der Waals surface area contributed by atoms with Crippen molar-refractivity contribution in [1.29, 1.82) is 0 Å². The summed E-state index contributed by atoms with van der Waals surface area (Å²) in [5.74, 6) is 0. The summed E-state index contributed by atoms with van der Waals surface area (Å²) in [5, 5.41) is 2.73. The molecule has 0 aliphatic heterocycles. The van der Waals surface area contributed by atoms with E-state index in [1.807, 2.05) is 0 Å². The minimum absolute atomic E-state index is 0.101. The molecule has 2 atom stereocenters. The van der Waals surface area contributed by atoms with Gasteiger partial charge in [0.05, 0.1) is 14.7 Å². The molecule has 0 heterocycles. The lowest BCUT2D eigenvalue weighted by Crippen LogP contribution is -2.67. The second kappa shape index (κ2) is 12.8. The predicted molar refractivity (Wildman–Crippen MR) is 190 cm³/mol. The Bertz CT molecular complexity index is 1340. The summed E-state index contributed by atoms with van der Waals surface area (Å²) < 4.78 is 7.69. The Morgan fingerprint density at radius 3 is 1.72 bits per heavy atom. The van der Waals surface area contributed by atoms with Gasteiger partial charge in [-0.15, -0.1) is 0 Å². The zero-order chi connectivity index (χ0) is 31.5. The van der Waals surface area contributed by atoms with Crippen LogP contribution >= 0.6 is 0 Å². The number of carbonyl (C=O) groups excluding carboxylic acids is 1. The van der Waals surface area contributed by atoms with Gasteiger partial charge in [-0.05, 0) is 63.3 Å². The summed E-state index contributed by atoms with van der Waals surface area (Å²) >= 11 is 0. The Labute approximate surface area is 264 Å². The highest BCUT2D eigenvalue weighted by Gasteiger charge is 2.57. The number of aldehydes is 1. The molecular weight excluding hydrogens is 557 g/mol. The minimum atomic E-state index is -2.75. The van der Waals surface area contributed by atoms with Gasteiger partial charge in [-0.2, -0.15) is 0 Å². The van der Waals surface area contributed by atoms with E-state index in [0.717, 1.165) is 19.1 Å². The van der Waals surface area contributed by atoms with E-state index in [1.54, 1.807) is 0 Å². The van der Waals surface area contributed by atoms with Gasteiger partial charge in [-0.3, -0.25) is 0 Å². The van der Waals surface area contributed by atoms with Gasteiger partial charge >= 0.3 is 0 Å². The molecule has 0 aromatic heterocycles. The van der Waals surface area contributed by atoms with Crippen molar-refractivity contribution in [2.45, 2.75) is 108 Å². The molecule has 2 unspecified atom stereocenters. The van der Waals surface area contributed by atoms with E-state index in [4.69, 9.17) is 4.43 Å². The van der Waals surface area contributed by atoms with Crippen LogP contribution in [0, 0.1) is 0 Å². The van der Waals surface area contributed by atoms with Crippen LogP contribution in [0.15, 0.2) is 102 Å². The van der Waals surface area contributed by atoms with Crippen LogP contribution in [-0.4, -0.2) is 29.3 Å². The van der Waals surface area contributed by atoms with Crippen LogP contribution in [0.3, 0.4) is 0 Å². The lowest BCUT2D eigenvalue weighted by molar-refractivity contribution is -0.108. The maximum absolute atomic E-state index is 12.2. The van der Waals surface area contributed by atoms with Gasteiger partial charge in [0, 0.05) is 11.8 Å². The summed E-state index contributed by atoms with van der Waals surface area (Å²) in [4.78, 5) is 12.2. The maximum atomic E-state index is 12.2. The fourth-order valence-electron chi connectivity index (χ4n) is 7.91. The van der Waals surface area contributed by atoms with E-state index >= 15 is 0 Å². The Balaban J connectivity index is 1.98. The molecule has 0 radical (unpaired) electrons. The van der Waals surface area contributed by atoms with E-state index < -0.39 is 16.4 Å². The molecule has 0 amide bonds. The summed E-state index contributed by atoms with van der Waals surface area (Å²) in [6.07, 6.45) is 4.77. The highest BCUT2D eigenvalue weighted by Crippen LogP contribution is 2.61. The first-order chi connectivity index (χ1) is 20.2. The first-order valence-electron chi connectivity index (χ1n) is 16.2.